The van der Waals surface area contributed by atoms with Gasteiger partial charge in [0.2, 0.25) is 5.88 Å². The Labute approximate surface area is 140 Å². The molecule has 0 aliphatic carbocycles. The van der Waals surface area contributed by atoms with Crippen LogP contribution in [0.1, 0.15) is 18.4 Å². The number of aromatic nitrogens is 2. The molecule has 0 bridgehead atoms. The van der Waals surface area contributed by atoms with Gasteiger partial charge in [-0.15, -0.1) is 0 Å². The van der Waals surface area contributed by atoms with Gasteiger partial charge in [-0.1, -0.05) is 17.7 Å². The lowest BCUT2D eigenvalue weighted by Crippen LogP contribution is -2.27. The van der Waals surface area contributed by atoms with Gasteiger partial charge in [0, 0.05) is 13.1 Å². The van der Waals surface area contributed by atoms with E-state index in [0.717, 1.165) is 5.56 Å². The smallest absolute Gasteiger partial charge is 0.248 e. The van der Waals surface area contributed by atoms with Crippen LogP contribution in [0, 0.1) is 29.6 Å². The fraction of sp³-hybridized carbons (Fsp3) is 0.294. The summed E-state index contributed by atoms with van der Waals surface area (Å²) >= 11 is 0. The number of ether oxygens (including phenoxy) is 1. The first-order valence-electron chi connectivity index (χ1n) is 7.49. The standard InChI is InChI=1S/C17H18N6O/c1-13-4-6-14(7-5-13)24-17-15(20)16(21-12-22-17)23(10-2-8-18)11-3-9-19/h4-7,12H,2-3,10-11,20H2,1H3. The highest BCUT2D eigenvalue weighted by Gasteiger charge is 2.16. The van der Waals surface area contributed by atoms with E-state index >= 15 is 0 Å². The van der Waals surface area contributed by atoms with Crippen molar-refractivity contribution in [3.63, 3.8) is 0 Å². The van der Waals surface area contributed by atoms with E-state index in [-0.39, 0.29) is 11.6 Å². The van der Waals surface area contributed by atoms with Crippen molar-refractivity contribution >= 4 is 11.5 Å². The molecule has 1 aromatic carbocycles. The summed E-state index contributed by atoms with van der Waals surface area (Å²) in [7, 11) is 0. The highest BCUT2D eigenvalue weighted by atomic mass is 16.5. The van der Waals surface area contributed by atoms with E-state index in [4.69, 9.17) is 21.0 Å². The largest absolute Gasteiger partial charge is 0.437 e. The molecule has 24 heavy (non-hydrogen) atoms. The maximum Gasteiger partial charge on any atom is 0.248 e. The summed E-state index contributed by atoms with van der Waals surface area (Å²) < 4.78 is 5.73. The van der Waals surface area contributed by atoms with E-state index in [0.29, 0.717) is 37.5 Å². The molecule has 0 saturated carbocycles. The SMILES string of the molecule is Cc1ccc(Oc2ncnc(N(CCC#N)CCC#N)c2N)cc1. The van der Waals surface area contributed by atoms with Crippen LogP contribution in [-0.2, 0) is 0 Å². The van der Waals surface area contributed by atoms with E-state index in [1.54, 1.807) is 4.90 Å². The molecule has 0 aliphatic heterocycles. The molecule has 1 aromatic heterocycles. The molecule has 0 spiro atoms. The first-order valence-corrected chi connectivity index (χ1v) is 7.49. The average Bonchev–Trinajstić information content (AvgIpc) is 2.59. The Bertz CT molecular complexity index is 742. The number of hydrogen-bond acceptors (Lipinski definition) is 7. The first-order chi connectivity index (χ1) is 11.7. The molecule has 7 heteroatoms. The van der Waals surface area contributed by atoms with Gasteiger partial charge < -0.3 is 15.4 Å². The topological polar surface area (TPSA) is 112 Å². The second kappa shape index (κ2) is 8.35. The molecule has 2 aromatic rings. The van der Waals surface area contributed by atoms with Crippen LogP contribution in [0.2, 0.25) is 0 Å². The Morgan fingerprint density at radius 2 is 1.71 bits per heavy atom. The van der Waals surface area contributed by atoms with Gasteiger partial charge in [-0.3, -0.25) is 0 Å². The summed E-state index contributed by atoms with van der Waals surface area (Å²) in [5.41, 5.74) is 7.56. The van der Waals surface area contributed by atoms with Gasteiger partial charge in [0.05, 0.1) is 25.0 Å². The van der Waals surface area contributed by atoms with Gasteiger partial charge in [0.15, 0.2) is 5.82 Å². The molecule has 0 saturated heterocycles. The Hall–Kier alpha value is -3.32. The average molecular weight is 322 g/mol. The van der Waals surface area contributed by atoms with Crippen molar-refractivity contribution in [3.05, 3.63) is 36.2 Å². The quantitative estimate of drug-likeness (QED) is 0.834. The van der Waals surface area contributed by atoms with Crippen LogP contribution in [0.4, 0.5) is 11.5 Å². The molecule has 2 N–H and O–H groups in total. The minimum Gasteiger partial charge on any atom is -0.437 e. The number of benzene rings is 1. The van der Waals surface area contributed by atoms with Gasteiger partial charge in [0.1, 0.15) is 17.8 Å². The Morgan fingerprint density at radius 3 is 2.29 bits per heavy atom. The molecule has 0 radical (unpaired) electrons. The van der Waals surface area contributed by atoms with E-state index in [1.165, 1.54) is 6.33 Å². The Balaban J connectivity index is 2.25. The lowest BCUT2D eigenvalue weighted by Gasteiger charge is -2.23. The van der Waals surface area contributed by atoms with Crippen LogP contribution in [0.5, 0.6) is 11.6 Å². The predicted octanol–water partition coefficient (Wildman–Crippen LogP) is 2.79. The highest BCUT2D eigenvalue weighted by molar-refractivity contribution is 5.68. The number of aryl methyl sites for hydroxylation is 1. The number of rotatable bonds is 7. The van der Waals surface area contributed by atoms with Crippen LogP contribution in [0.15, 0.2) is 30.6 Å². The zero-order valence-corrected chi connectivity index (χ0v) is 13.4. The summed E-state index contributed by atoms with van der Waals surface area (Å²) in [5.74, 6) is 1.35. The third-order valence-electron chi connectivity index (χ3n) is 3.35. The van der Waals surface area contributed by atoms with E-state index in [9.17, 15) is 0 Å². The zero-order chi connectivity index (χ0) is 17.4. The molecule has 0 amide bonds. The maximum atomic E-state index is 8.80. The minimum absolute atomic E-state index is 0.253. The van der Waals surface area contributed by atoms with Crippen molar-refractivity contribution in [2.24, 2.45) is 0 Å². The second-order valence-electron chi connectivity index (χ2n) is 5.13. The van der Waals surface area contributed by atoms with Crippen molar-refractivity contribution in [2.45, 2.75) is 19.8 Å². The van der Waals surface area contributed by atoms with Crippen molar-refractivity contribution in [1.82, 2.24) is 9.97 Å². The third kappa shape index (κ3) is 4.34. The summed E-state index contributed by atoms with van der Waals surface area (Å²) in [6, 6.07) is 11.7. The lowest BCUT2D eigenvalue weighted by atomic mass is 10.2. The highest BCUT2D eigenvalue weighted by Crippen LogP contribution is 2.31. The van der Waals surface area contributed by atoms with Gasteiger partial charge in [-0.05, 0) is 19.1 Å². The second-order valence-corrected chi connectivity index (χ2v) is 5.13. The van der Waals surface area contributed by atoms with E-state index in [1.807, 2.05) is 31.2 Å². The van der Waals surface area contributed by atoms with Crippen molar-refractivity contribution < 1.29 is 4.74 Å². The van der Waals surface area contributed by atoms with Gasteiger partial charge in [0.25, 0.3) is 0 Å². The first kappa shape index (κ1) is 17.0. The predicted molar refractivity (Wildman–Crippen MR) is 90.4 cm³/mol. The molecule has 0 aliphatic rings. The Morgan fingerprint density at radius 1 is 1.08 bits per heavy atom. The third-order valence-corrected chi connectivity index (χ3v) is 3.35. The molecule has 2 rings (SSSR count). The summed E-state index contributed by atoms with van der Waals surface area (Å²) in [5, 5.41) is 17.6. The van der Waals surface area contributed by atoms with Crippen LogP contribution < -0.4 is 15.4 Å². The van der Waals surface area contributed by atoms with Crippen LogP contribution >= 0.6 is 0 Å². The fourth-order valence-electron chi connectivity index (χ4n) is 2.12. The normalized spacial score (nSPS) is 9.79. The monoisotopic (exact) mass is 322 g/mol. The van der Waals surface area contributed by atoms with Crippen molar-refractivity contribution in [2.75, 3.05) is 23.7 Å². The minimum atomic E-state index is 0.253. The molecular weight excluding hydrogens is 304 g/mol. The fourth-order valence-corrected chi connectivity index (χ4v) is 2.12. The molecule has 0 atom stereocenters. The van der Waals surface area contributed by atoms with Gasteiger partial charge in [-0.25, -0.2) is 4.98 Å². The van der Waals surface area contributed by atoms with Crippen LogP contribution in [0.25, 0.3) is 0 Å². The maximum absolute atomic E-state index is 8.80. The summed E-state index contributed by atoms with van der Waals surface area (Å²) in [4.78, 5) is 10.1. The van der Waals surface area contributed by atoms with Gasteiger partial charge >= 0.3 is 0 Å². The molecule has 0 unspecified atom stereocenters. The molecule has 1 heterocycles. The zero-order valence-electron chi connectivity index (χ0n) is 13.4. The summed E-state index contributed by atoms with van der Waals surface area (Å²) in [6.07, 6.45) is 1.98. The van der Waals surface area contributed by atoms with E-state index < -0.39 is 0 Å². The molecule has 0 fully saturated rings. The summed E-state index contributed by atoms with van der Waals surface area (Å²) in [6.45, 7) is 2.86. The lowest BCUT2D eigenvalue weighted by molar-refractivity contribution is 0.464. The number of nitriles is 2. The van der Waals surface area contributed by atoms with Crippen molar-refractivity contribution in [3.8, 4) is 23.8 Å². The number of nitrogens with zero attached hydrogens (tertiary/aromatic N) is 5. The molecule has 122 valence electrons. The van der Waals surface area contributed by atoms with E-state index in [2.05, 4.69) is 22.1 Å². The van der Waals surface area contributed by atoms with Crippen LogP contribution in [0.3, 0.4) is 0 Å². The number of nitrogens with two attached hydrogens (primary N) is 1. The number of nitrogen functional groups attached to an aromatic ring is 1. The number of hydrogen-bond donors (Lipinski definition) is 1. The van der Waals surface area contributed by atoms with Crippen molar-refractivity contribution in [1.29, 1.82) is 10.5 Å². The van der Waals surface area contributed by atoms with Gasteiger partial charge in [-0.2, -0.15) is 15.5 Å². The molecular formula is C17H18N6O. The van der Waals surface area contributed by atoms with Crippen LogP contribution in [-0.4, -0.2) is 23.1 Å². The number of anilines is 2. The molecule has 7 nitrogen and oxygen atoms in total. The Kier molecular flexibility index (Phi) is 5.93.